The predicted octanol–water partition coefficient (Wildman–Crippen LogP) is 4.31. The summed E-state index contributed by atoms with van der Waals surface area (Å²) in [7, 11) is 0. The van der Waals surface area contributed by atoms with E-state index in [0.29, 0.717) is 17.0 Å². The summed E-state index contributed by atoms with van der Waals surface area (Å²) >= 11 is 16.7. The fourth-order valence-corrected chi connectivity index (χ4v) is 1.95. The lowest BCUT2D eigenvalue weighted by molar-refractivity contribution is -0.115. The van der Waals surface area contributed by atoms with E-state index in [2.05, 4.69) is 15.5 Å². The monoisotopic (exact) mass is 371 g/mol. The Bertz CT molecular complexity index is 825. The van der Waals surface area contributed by atoms with Gasteiger partial charge in [-0.25, -0.2) is 0 Å². The van der Waals surface area contributed by atoms with Crippen LogP contribution in [-0.4, -0.2) is 19.8 Å². The summed E-state index contributed by atoms with van der Waals surface area (Å²) in [5, 5.41) is 6.34. The SMILES string of the molecule is O=C(Nc1ccccc1-c1nc(-c2ccco2)no1)C(Cl)(Cl)Cl. The van der Waals surface area contributed by atoms with Crippen LogP contribution in [0.3, 0.4) is 0 Å². The number of carbonyl (C=O) groups excluding carboxylic acids is 1. The molecule has 1 aromatic carbocycles. The first-order chi connectivity index (χ1) is 10.9. The van der Waals surface area contributed by atoms with Gasteiger partial charge in [0.05, 0.1) is 17.5 Å². The number of carbonyl (C=O) groups is 1. The number of benzene rings is 1. The van der Waals surface area contributed by atoms with E-state index in [4.69, 9.17) is 43.7 Å². The minimum atomic E-state index is -2.08. The second-order valence-electron chi connectivity index (χ2n) is 4.40. The lowest BCUT2D eigenvalue weighted by atomic mass is 10.1. The average molecular weight is 373 g/mol. The molecule has 0 unspecified atom stereocenters. The maximum absolute atomic E-state index is 11.8. The molecule has 2 aromatic heterocycles. The van der Waals surface area contributed by atoms with E-state index in [9.17, 15) is 4.79 Å². The topological polar surface area (TPSA) is 81.2 Å². The van der Waals surface area contributed by atoms with Crippen LogP contribution in [0.1, 0.15) is 0 Å². The highest BCUT2D eigenvalue weighted by molar-refractivity contribution is 6.76. The molecule has 0 aliphatic carbocycles. The van der Waals surface area contributed by atoms with Crippen LogP contribution >= 0.6 is 34.8 Å². The molecule has 6 nitrogen and oxygen atoms in total. The lowest BCUT2D eigenvalue weighted by Gasteiger charge is -2.13. The number of rotatable bonds is 3. The van der Waals surface area contributed by atoms with Gasteiger partial charge < -0.3 is 14.3 Å². The number of amides is 1. The van der Waals surface area contributed by atoms with Gasteiger partial charge in [0.1, 0.15) is 0 Å². The van der Waals surface area contributed by atoms with Crippen molar-refractivity contribution in [3.8, 4) is 23.0 Å². The fourth-order valence-electron chi connectivity index (χ4n) is 1.81. The molecule has 0 atom stereocenters. The van der Waals surface area contributed by atoms with E-state index >= 15 is 0 Å². The van der Waals surface area contributed by atoms with E-state index < -0.39 is 9.70 Å². The minimum Gasteiger partial charge on any atom is -0.461 e. The largest absolute Gasteiger partial charge is 0.461 e. The molecule has 118 valence electrons. The first kappa shape index (κ1) is 15.9. The number of anilines is 1. The first-order valence-corrected chi connectivity index (χ1v) is 7.44. The summed E-state index contributed by atoms with van der Waals surface area (Å²) < 4.78 is 8.33. The number of nitrogens with zero attached hydrogens (tertiary/aromatic N) is 2. The van der Waals surface area contributed by atoms with Crippen molar-refractivity contribution < 1.29 is 13.7 Å². The third kappa shape index (κ3) is 3.50. The van der Waals surface area contributed by atoms with Gasteiger partial charge >= 0.3 is 0 Å². The molecule has 3 aromatic rings. The molecular formula is C14H8Cl3N3O3. The van der Waals surface area contributed by atoms with Gasteiger partial charge in [-0.2, -0.15) is 4.98 Å². The summed E-state index contributed by atoms with van der Waals surface area (Å²) in [6.45, 7) is 0. The Balaban J connectivity index is 1.93. The highest BCUT2D eigenvalue weighted by atomic mass is 35.6. The number of hydrogen-bond donors (Lipinski definition) is 1. The Labute approximate surface area is 145 Å². The zero-order valence-corrected chi connectivity index (χ0v) is 13.6. The van der Waals surface area contributed by atoms with E-state index in [1.54, 1.807) is 36.4 Å². The van der Waals surface area contributed by atoms with Crippen LogP contribution in [0.5, 0.6) is 0 Å². The normalized spacial score (nSPS) is 11.4. The molecule has 0 saturated heterocycles. The maximum atomic E-state index is 11.8. The number of furan rings is 1. The number of halogens is 3. The molecule has 0 bridgehead atoms. The number of aromatic nitrogens is 2. The van der Waals surface area contributed by atoms with Crippen LogP contribution in [-0.2, 0) is 4.79 Å². The quantitative estimate of drug-likeness (QED) is 0.693. The summed E-state index contributed by atoms with van der Waals surface area (Å²) in [5.74, 6) is 0.146. The second kappa shape index (κ2) is 6.23. The third-order valence-corrected chi connectivity index (χ3v) is 3.35. The van der Waals surface area contributed by atoms with Gasteiger partial charge in [-0.3, -0.25) is 4.79 Å². The number of para-hydroxylation sites is 1. The van der Waals surface area contributed by atoms with Crippen LogP contribution in [0.25, 0.3) is 23.0 Å². The van der Waals surface area contributed by atoms with Crippen molar-refractivity contribution in [2.45, 2.75) is 3.79 Å². The maximum Gasteiger partial charge on any atom is 0.276 e. The number of alkyl halides is 3. The Hall–Kier alpha value is -2.02. The molecule has 1 amide bonds. The smallest absolute Gasteiger partial charge is 0.276 e. The molecule has 0 radical (unpaired) electrons. The van der Waals surface area contributed by atoms with Crippen LogP contribution in [0, 0.1) is 0 Å². The van der Waals surface area contributed by atoms with E-state index in [-0.39, 0.29) is 11.7 Å². The first-order valence-electron chi connectivity index (χ1n) is 6.30. The van der Waals surface area contributed by atoms with Gasteiger partial charge in [0.2, 0.25) is 5.82 Å². The zero-order valence-electron chi connectivity index (χ0n) is 11.3. The van der Waals surface area contributed by atoms with Gasteiger partial charge in [0.25, 0.3) is 15.6 Å². The van der Waals surface area contributed by atoms with Crippen LogP contribution in [0.4, 0.5) is 5.69 Å². The van der Waals surface area contributed by atoms with Crippen molar-refractivity contribution in [2.24, 2.45) is 0 Å². The van der Waals surface area contributed by atoms with Crippen molar-refractivity contribution in [3.05, 3.63) is 42.7 Å². The van der Waals surface area contributed by atoms with Gasteiger partial charge in [-0.1, -0.05) is 52.1 Å². The van der Waals surface area contributed by atoms with Crippen LogP contribution < -0.4 is 5.32 Å². The number of nitrogens with one attached hydrogen (secondary N) is 1. The Morgan fingerprint density at radius 2 is 1.91 bits per heavy atom. The van der Waals surface area contributed by atoms with Gasteiger partial charge in [-0.15, -0.1) is 0 Å². The van der Waals surface area contributed by atoms with E-state index in [1.807, 2.05) is 0 Å². The summed E-state index contributed by atoms with van der Waals surface area (Å²) in [5.41, 5.74) is 0.860. The van der Waals surface area contributed by atoms with Crippen molar-refractivity contribution >= 4 is 46.4 Å². The van der Waals surface area contributed by atoms with Crippen molar-refractivity contribution in [1.29, 1.82) is 0 Å². The summed E-state index contributed by atoms with van der Waals surface area (Å²) in [6, 6.07) is 10.2. The third-order valence-electron chi connectivity index (χ3n) is 2.83. The van der Waals surface area contributed by atoms with Crippen molar-refractivity contribution in [2.75, 3.05) is 5.32 Å². The number of hydrogen-bond acceptors (Lipinski definition) is 5. The molecule has 3 rings (SSSR count). The van der Waals surface area contributed by atoms with E-state index in [0.717, 1.165) is 0 Å². The minimum absolute atomic E-state index is 0.191. The average Bonchev–Trinajstić information content (AvgIpc) is 3.18. The molecule has 9 heteroatoms. The molecule has 23 heavy (non-hydrogen) atoms. The van der Waals surface area contributed by atoms with Crippen LogP contribution in [0.15, 0.2) is 51.6 Å². The highest BCUT2D eigenvalue weighted by Crippen LogP contribution is 2.32. The molecule has 1 N–H and O–H groups in total. The molecule has 0 spiro atoms. The van der Waals surface area contributed by atoms with Crippen molar-refractivity contribution in [3.63, 3.8) is 0 Å². The van der Waals surface area contributed by atoms with Gasteiger partial charge in [0, 0.05) is 0 Å². The van der Waals surface area contributed by atoms with Gasteiger partial charge in [0.15, 0.2) is 5.76 Å². The van der Waals surface area contributed by atoms with Crippen LogP contribution in [0.2, 0.25) is 0 Å². The predicted molar refractivity (Wildman–Crippen MR) is 86.4 cm³/mol. The highest BCUT2D eigenvalue weighted by Gasteiger charge is 2.31. The summed E-state index contributed by atoms with van der Waals surface area (Å²) in [4.78, 5) is 16.1. The molecule has 0 fully saturated rings. The van der Waals surface area contributed by atoms with Gasteiger partial charge in [-0.05, 0) is 24.3 Å². The Morgan fingerprint density at radius 3 is 2.61 bits per heavy atom. The van der Waals surface area contributed by atoms with Crippen molar-refractivity contribution in [1.82, 2.24) is 10.1 Å². The zero-order chi connectivity index (χ0) is 16.4. The fraction of sp³-hybridized carbons (Fsp3) is 0.0714. The Morgan fingerprint density at radius 1 is 1.13 bits per heavy atom. The summed E-state index contributed by atoms with van der Waals surface area (Å²) in [6.07, 6.45) is 1.50. The molecule has 0 aliphatic rings. The van der Waals surface area contributed by atoms with E-state index in [1.165, 1.54) is 6.26 Å². The molecule has 2 heterocycles. The standard InChI is InChI=1S/C14H8Cl3N3O3/c15-14(16,17)13(21)18-9-5-2-1-4-8(9)12-19-11(20-23-12)10-6-3-7-22-10/h1-7H,(H,18,21). The lowest BCUT2D eigenvalue weighted by Crippen LogP contribution is -2.27. The molecular weight excluding hydrogens is 365 g/mol. The molecule has 0 saturated carbocycles. The Kier molecular flexibility index (Phi) is 4.30. The molecule has 0 aliphatic heterocycles. The second-order valence-corrected chi connectivity index (χ2v) is 6.68.